The van der Waals surface area contributed by atoms with Gasteiger partial charge < -0.3 is 10.1 Å². The maximum atomic E-state index is 11.1. The highest BCUT2D eigenvalue weighted by Crippen LogP contribution is 2.41. The average molecular weight is 343 g/mol. The molecular formula is C22H21N3O. The molecule has 1 saturated heterocycles. The van der Waals surface area contributed by atoms with Crippen molar-refractivity contribution < 1.29 is 5.11 Å². The number of benzene rings is 2. The standard InChI is InChI=1S/C22H21N3O/c26-22-17(10-9-15-6-5-11-23-20(15)22)21(25-12-3-4-13-25)18-14-24-19-8-2-1-7-16(18)19/h1-2,5-11,14,21,24,26H,3-4,12-13H2. The highest BCUT2D eigenvalue weighted by atomic mass is 16.3. The summed E-state index contributed by atoms with van der Waals surface area (Å²) in [7, 11) is 0. The molecule has 4 aromatic rings. The van der Waals surface area contributed by atoms with Crippen molar-refractivity contribution in [3.05, 3.63) is 72.1 Å². The van der Waals surface area contributed by atoms with Crippen LogP contribution in [-0.4, -0.2) is 33.1 Å². The van der Waals surface area contributed by atoms with Gasteiger partial charge in [0.1, 0.15) is 11.3 Å². The molecule has 0 radical (unpaired) electrons. The molecule has 0 spiro atoms. The zero-order valence-electron chi connectivity index (χ0n) is 14.5. The number of fused-ring (bicyclic) bond motifs is 2. The number of rotatable bonds is 3. The van der Waals surface area contributed by atoms with Crippen molar-refractivity contribution >= 4 is 21.8 Å². The van der Waals surface area contributed by atoms with Crippen LogP contribution < -0.4 is 0 Å². The number of aromatic nitrogens is 2. The van der Waals surface area contributed by atoms with E-state index in [4.69, 9.17) is 0 Å². The van der Waals surface area contributed by atoms with Gasteiger partial charge in [-0.2, -0.15) is 0 Å². The van der Waals surface area contributed by atoms with E-state index in [-0.39, 0.29) is 6.04 Å². The molecule has 26 heavy (non-hydrogen) atoms. The summed E-state index contributed by atoms with van der Waals surface area (Å²) in [5, 5.41) is 13.2. The van der Waals surface area contributed by atoms with E-state index in [1.54, 1.807) is 6.20 Å². The minimum Gasteiger partial charge on any atom is -0.505 e. The van der Waals surface area contributed by atoms with Gasteiger partial charge >= 0.3 is 0 Å². The predicted octanol–water partition coefficient (Wildman–Crippen LogP) is 4.61. The first-order valence-corrected chi connectivity index (χ1v) is 9.19. The quantitative estimate of drug-likeness (QED) is 0.571. The Morgan fingerprint density at radius 3 is 2.69 bits per heavy atom. The lowest BCUT2D eigenvalue weighted by Gasteiger charge is -2.28. The van der Waals surface area contributed by atoms with Gasteiger partial charge in [0.05, 0.1) is 6.04 Å². The summed E-state index contributed by atoms with van der Waals surface area (Å²) >= 11 is 0. The third-order valence-electron chi connectivity index (χ3n) is 5.50. The van der Waals surface area contributed by atoms with Crippen LogP contribution in [0.5, 0.6) is 5.75 Å². The van der Waals surface area contributed by atoms with E-state index in [0.717, 1.165) is 29.6 Å². The van der Waals surface area contributed by atoms with Crippen molar-refractivity contribution in [1.82, 2.24) is 14.9 Å². The molecule has 1 aliphatic rings. The molecule has 1 unspecified atom stereocenters. The molecule has 2 N–H and O–H groups in total. The second-order valence-corrected chi connectivity index (χ2v) is 7.01. The summed E-state index contributed by atoms with van der Waals surface area (Å²) < 4.78 is 0. The molecule has 0 bridgehead atoms. The van der Waals surface area contributed by atoms with E-state index in [0.29, 0.717) is 11.3 Å². The monoisotopic (exact) mass is 343 g/mol. The number of pyridine rings is 1. The highest BCUT2D eigenvalue weighted by Gasteiger charge is 2.29. The first kappa shape index (κ1) is 15.4. The van der Waals surface area contributed by atoms with Crippen LogP contribution in [0.15, 0.2) is 60.9 Å². The van der Waals surface area contributed by atoms with E-state index >= 15 is 0 Å². The minimum absolute atomic E-state index is 0.0278. The van der Waals surface area contributed by atoms with E-state index in [2.05, 4.69) is 51.4 Å². The third kappa shape index (κ3) is 2.37. The van der Waals surface area contributed by atoms with Crippen molar-refractivity contribution in [2.75, 3.05) is 13.1 Å². The van der Waals surface area contributed by atoms with Crippen molar-refractivity contribution in [3.8, 4) is 5.75 Å². The van der Waals surface area contributed by atoms with E-state index < -0.39 is 0 Å². The Bertz CT molecular complexity index is 1080. The normalized spacial score (nSPS) is 16.5. The van der Waals surface area contributed by atoms with Gasteiger partial charge in [-0.3, -0.25) is 9.88 Å². The van der Waals surface area contributed by atoms with Crippen molar-refractivity contribution in [2.45, 2.75) is 18.9 Å². The Hall–Kier alpha value is -2.85. The van der Waals surface area contributed by atoms with Crippen LogP contribution in [0.1, 0.15) is 30.0 Å². The number of aromatic hydroxyl groups is 1. The first-order valence-electron chi connectivity index (χ1n) is 9.19. The van der Waals surface area contributed by atoms with Crippen LogP contribution in [0, 0.1) is 0 Å². The summed E-state index contributed by atoms with van der Waals surface area (Å²) in [5.41, 5.74) is 3.95. The largest absolute Gasteiger partial charge is 0.505 e. The summed E-state index contributed by atoms with van der Waals surface area (Å²) in [6, 6.07) is 16.4. The van der Waals surface area contributed by atoms with Crippen LogP contribution in [0.4, 0.5) is 0 Å². The third-order valence-corrected chi connectivity index (χ3v) is 5.50. The first-order chi connectivity index (χ1) is 12.8. The van der Waals surface area contributed by atoms with Crippen LogP contribution in [0.25, 0.3) is 21.8 Å². The number of likely N-dealkylation sites (tertiary alicyclic amines) is 1. The number of phenolic OH excluding ortho intramolecular Hbond substituents is 1. The summed E-state index contributed by atoms with van der Waals surface area (Å²) in [6.07, 6.45) is 6.23. The fraction of sp³-hybridized carbons (Fsp3) is 0.227. The van der Waals surface area contributed by atoms with Gasteiger partial charge in [0.15, 0.2) is 0 Å². The van der Waals surface area contributed by atoms with Gasteiger partial charge in [0, 0.05) is 34.2 Å². The number of para-hydroxylation sites is 1. The molecule has 0 amide bonds. The van der Waals surface area contributed by atoms with Crippen molar-refractivity contribution in [3.63, 3.8) is 0 Å². The van der Waals surface area contributed by atoms with Gasteiger partial charge in [0.25, 0.3) is 0 Å². The Balaban J connectivity index is 1.74. The number of hydrogen-bond donors (Lipinski definition) is 2. The highest BCUT2D eigenvalue weighted by molar-refractivity contribution is 5.87. The smallest absolute Gasteiger partial charge is 0.146 e. The fourth-order valence-electron chi connectivity index (χ4n) is 4.25. The predicted molar refractivity (Wildman–Crippen MR) is 104 cm³/mol. The lowest BCUT2D eigenvalue weighted by molar-refractivity contribution is 0.277. The fourth-order valence-corrected chi connectivity index (χ4v) is 4.25. The Kier molecular flexibility index (Phi) is 3.64. The number of phenols is 1. The summed E-state index contributed by atoms with van der Waals surface area (Å²) in [5.74, 6) is 0.297. The summed E-state index contributed by atoms with van der Waals surface area (Å²) in [4.78, 5) is 10.3. The molecule has 1 fully saturated rings. The lowest BCUT2D eigenvalue weighted by Crippen LogP contribution is -2.26. The van der Waals surface area contributed by atoms with Crippen LogP contribution >= 0.6 is 0 Å². The molecule has 0 saturated carbocycles. The molecule has 3 heterocycles. The minimum atomic E-state index is 0.0278. The maximum Gasteiger partial charge on any atom is 0.146 e. The van der Waals surface area contributed by atoms with Crippen molar-refractivity contribution in [1.29, 1.82) is 0 Å². The van der Waals surface area contributed by atoms with Gasteiger partial charge in [-0.1, -0.05) is 36.4 Å². The molecule has 2 aromatic carbocycles. The van der Waals surface area contributed by atoms with Crippen LogP contribution in [0.3, 0.4) is 0 Å². The second kappa shape index (κ2) is 6.15. The zero-order chi connectivity index (χ0) is 17.5. The molecule has 5 rings (SSSR count). The molecule has 0 aliphatic carbocycles. The number of H-pyrrole nitrogens is 1. The zero-order valence-corrected chi connectivity index (χ0v) is 14.5. The molecular weight excluding hydrogens is 322 g/mol. The number of nitrogens with zero attached hydrogens (tertiary/aromatic N) is 2. The van der Waals surface area contributed by atoms with Crippen molar-refractivity contribution in [2.24, 2.45) is 0 Å². The molecule has 1 aliphatic heterocycles. The number of aromatic amines is 1. The van der Waals surface area contributed by atoms with E-state index in [1.165, 1.54) is 23.8 Å². The van der Waals surface area contributed by atoms with Gasteiger partial charge in [0.2, 0.25) is 0 Å². The van der Waals surface area contributed by atoms with E-state index in [1.807, 2.05) is 18.2 Å². The molecule has 2 aromatic heterocycles. The lowest BCUT2D eigenvalue weighted by atomic mass is 9.94. The Labute approximate surface area is 152 Å². The second-order valence-electron chi connectivity index (χ2n) is 7.01. The van der Waals surface area contributed by atoms with Gasteiger partial charge in [-0.05, 0) is 43.6 Å². The average Bonchev–Trinajstić information content (AvgIpc) is 3.35. The van der Waals surface area contributed by atoms with Gasteiger partial charge in [-0.15, -0.1) is 0 Å². The molecule has 1 atom stereocenters. The molecule has 130 valence electrons. The Morgan fingerprint density at radius 1 is 0.962 bits per heavy atom. The number of nitrogens with one attached hydrogen (secondary N) is 1. The molecule has 4 nitrogen and oxygen atoms in total. The Morgan fingerprint density at radius 2 is 1.81 bits per heavy atom. The van der Waals surface area contributed by atoms with Gasteiger partial charge in [-0.25, -0.2) is 0 Å². The van der Waals surface area contributed by atoms with Crippen LogP contribution in [0.2, 0.25) is 0 Å². The number of hydrogen-bond acceptors (Lipinski definition) is 3. The maximum absolute atomic E-state index is 11.1. The molecule has 4 heteroatoms. The SMILES string of the molecule is Oc1c(C(c2c[nH]c3ccccc23)N2CCCC2)ccc2cccnc12. The topological polar surface area (TPSA) is 52.1 Å². The van der Waals surface area contributed by atoms with Crippen LogP contribution in [-0.2, 0) is 0 Å². The summed E-state index contributed by atoms with van der Waals surface area (Å²) in [6.45, 7) is 2.09. The van der Waals surface area contributed by atoms with E-state index in [9.17, 15) is 5.11 Å².